The highest BCUT2D eigenvalue weighted by molar-refractivity contribution is 6.01. The van der Waals surface area contributed by atoms with E-state index in [9.17, 15) is 14.4 Å². The van der Waals surface area contributed by atoms with Gasteiger partial charge >= 0.3 is 5.97 Å². The van der Waals surface area contributed by atoms with Crippen molar-refractivity contribution in [3.8, 4) is 0 Å². The highest BCUT2D eigenvalue weighted by atomic mass is 16.5. The van der Waals surface area contributed by atoms with Crippen LogP contribution in [0.2, 0.25) is 0 Å². The van der Waals surface area contributed by atoms with E-state index >= 15 is 0 Å². The van der Waals surface area contributed by atoms with Crippen molar-refractivity contribution in [3.63, 3.8) is 0 Å². The molecule has 0 radical (unpaired) electrons. The highest BCUT2D eigenvalue weighted by Crippen LogP contribution is 2.20. The third-order valence-corrected chi connectivity index (χ3v) is 4.44. The van der Waals surface area contributed by atoms with Gasteiger partial charge in [-0.2, -0.15) is 0 Å². The van der Waals surface area contributed by atoms with Crippen LogP contribution in [0.5, 0.6) is 0 Å². The summed E-state index contributed by atoms with van der Waals surface area (Å²) in [7, 11) is 0. The predicted molar refractivity (Wildman–Crippen MR) is 103 cm³/mol. The Morgan fingerprint density at radius 3 is 2.37 bits per heavy atom. The molecule has 2 aromatic rings. The number of esters is 1. The fraction of sp³-hybridized carbons (Fsp3) is 0.381. The Kier molecular flexibility index (Phi) is 6.93. The van der Waals surface area contributed by atoms with Crippen LogP contribution in [-0.2, 0) is 9.53 Å². The fourth-order valence-corrected chi connectivity index (χ4v) is 3.22. The van der Waals surface area contributed by atoms with E-state index in [4.69, 9.17) is 4.74 Å². The lowest BCUT2D eigenvalue weighted by Gasteiger charge is -2.18. The van der Waals surface area contributed by atoms with E-state index in [1.165, 1.54) is 6.92 Å². The molecule has 1 heterocycles. The number of aryl methyl sites for hydroxylation is 1. The van der Waals surface area contributed by atoms with Gasteiger partial charge in [0.15, 0.2) is 12.4 Å². The maximum atomic E-state index is 12.3. The zero-order valence-corrected chi connectivity index (χ0v) is 16.2. The van der Waals surface area contributed by atoms with E-state index in [1.807, 2.05) is 37.3 Å². The quantitative estimate of drug-likeness (QED) is 0.548. The molecule has 1 amide bonds. The molecule has 27 heavy (non-hydrogen) atoms. The third-order valence-electron chi connectivity index (χ3n) is 4.44. The number of ether oxygens (including phenoxy) is 1. The molecule has 1 unspecified atom stereocenters. The van der Waals surface area contributed by atoms with Gasteiger partial charge < -0.3 is 15.0 Å². The van der Waals surface area contributed by atoms with E-state index in [1.54, 1.807) is 13.8 Å². The number of hydrogen-bond acceptors (Lipinski definition) is 4. The number of nitrogens with one attached hydrogen (secondary N) is 2. The maximum Gasteiger partial charge on any atom is 0.355 e. The Hall–Kier alpha value is -2.89. The molecule has 2 rings (SSSR count). The zero-order chi connectivity index (χ0) is 20.0. The average Bonchev–Trinajstić information content (AvgIpc) is 2.94. The molecule has 1 aromatic carbocycles. The Morgan fingerprint density at radius 2 is 1.81 bits per heavy atom. The van der Waals surface area contributed by atoms with Crippen LogP contribution in [0.25, 0.3) is 0 Å². The molecule has 6 heteroatoms. The molecule has 0 aliphatic carbocycles. The Balaban J connectivity index is 1.99. The maximum absolute atomic E-state index is 12.3. The lowest BCUT2D eigenvalue weighted by atomic mass is 10.0. The van der Waals surface area contributed by atoms with Crippen LogP contribution in [0.15, 0.2) is 30.3 Å². The SMILES string of the molecule is CCCC(NC(=O)COC(=O)c1[nH]c(C)c(C(C)=O)c1C)c1ccccc1. The van der Waals surface area contributed by atoms with E-state index in [0.29, 0.717) is 16.8 Å². The second-order valence-corrected chi connectivity index (χ2v) is 6.58. The summed E-state index contributed by atoms with van der Waals surface area (Å²) in [6, 6.07) is 9.56. The first-order valence-corrected chi connectivity index (χ1v) is 9.06. The van der Waals surface area contributed by atoms with Crippen LogP contribution in [0.3, 0.4) is 0 Å². The number of aromatic amines is 1. The highest BCUT2D eigenvalue weighted by Gasteiger charge is 2.22. The van der Waals surface area contributed by atoms with Crippen LogP contribution >= 0.6 is 0 Å². The number of carbonyl (C=O) groups is 3. The van der Waals surface area contributed by atoms with Crippen LogP contribution in [0.4, 0.5) is 0 Å². The molecule has 1 aromatic heterocycles. The van der Waals surface area contributed by atoms with Gasteiger partial charge in [0.2, 0.25) is 0 Å². The topological polar surface area (TPSA) is 88.3 Å². The largest absolute Gasteiger partial charge is 0.451 e. The molecular weight excluding hydrogens is 344 g/mol. The van der Waals surface area contributed by atoms with Crippen molar-refractivity contribution in [1.29, 1.82) is 0 Å². The van der Waals surface area contributed by atoms with Crippen molar-refractivity contribution in [2.75, 3.05) is 6.61 Å². The average molecular weight is 370 g/mol. The van der Waals surface area contributed by atoms with Gasteiger partial charge in [-0.05, 0) is 38.3 Å². The van der Waals surface area contributed by atoms with Gasteiger partial charge in [-0.1, -0.05) is 43.7 Å². The third kappa shape index (κ3) is 5.06. The molecule has 0 spiro atoms. The molecule has 0 aliphatic heterocycles. The summed E-state index contributed by atoms with van der Waals surface area (Å²) in [5, 5.41) is 2.91. The Bertz CT molecular complexity index is 824. The summed E-state index contributed by atoms with van der Waals surface area (Å²) in [6.07, 6.45) is 1.70. The fourth-order valence-electron chi connectivity index (χ4n) is 3.22. The van der Waals surface area contributed by atoms with Crippen molar-refractivity contribution >= 4 is 17.7 Å². The summed E-state index contributed by atoms with van der Waals surface area (Å²) in [4.78, 5) is 39.1. The van der Waals surface area contributed by atoms with Gasteiger partial charge in [0, 0.05) is 11.3 Å². The van der Waals surface area contributed by atoms with Crippen molar-refractivity contribution in [3.05, 3.63) is 58.4 Å². The van der Waals surface area contributed by atoms with Crippen LogP contribution < -0.4 is 5.32 Å². The van der Waals surface area contributed by atoms with E-state index in [-0.39, 0.29) is 30.0 Å². The number of carbonyl (C=O) groups excluding carboxylic acids is 3. The minimum absolute atomic E-state index is 0.122. The summed E-state index contributed by atoms with van der Waals surface area (Å²) in [5.74, 6) is -1.13. The molecule has 6 nitrogen and oxygen atoms in total. The normalized spacial score (nSPS) is 11.7. The van der Waals surface area contributed by atoms with Crippen molar-refractivity contribution in [2.45, 2.75) is 46.6 Å². The minimum Gasteiger partial charge on any atom is -0.451 e. The first-order chi connectivity index (χ1) is 12.8. The van der Waals surface area contributed by atoms with Crippen molar-refractivity contribution in [1.82, 2.24) is 10.3 Å². The monoisotopic (exact) mass is 370 g/mol. The molecule has 0 fully saturated rings. The number of aromatic nitrogens is 1. The molecule has 0 saturated carbocycles. The predicted octanol–water partition coefficient (Wildman–Crippen LogP) is 3.65. The van der Waals surface area contributed by atoms with Crippen molar-refractivity contribution in [2.24, 2.45) is 0 Å². The van der Waals surface area contributed by atoms with E-state index in [2.05, 4.69) is 10.3 Å². The zero-order valence-electron chi connectivity index (χ0n) is 16.2. The Labute approximate surface area is 159 Å². The van der Waals surface area contributed by atoms with Gasteiger partial charge in [0.25, 0.3) is 5.91 Å². The van der Waals surface area contributed by atoms with Gasteiger partial charge in [-0.25, -0.2) is 4.79 Å². The van der Waals surface area contributed by atoms with Gasteiger partial charge in [0.1, 0.15) is 5.69 Å². The van der Waals surface area contributed by atoms with Gasteiger partial charge in [-0.15, -0.1) is 0 Å². The number of amides is 1. The lowest BCUT2D eigenvalue weighted by Crippen LogP contribution is -2.32. The minimum atomic E-state index is -0.648. The number of benzene rings is 1. The summed E-state index contributed by atoms with van der Waals surface area (Å²) in [6.45, 7) is 6.53. The molecule has 0 saturated heterocycles. The smallest absolute Gasteiger partial charge is 0.355 e. The molecular formula is C21H26N2O4. The van der Waals surface area contributed by atoms with E-state index in [0.717, 1.165) is 18.4 Å². The van der Waals surface area contributed by atoms with Crippen LogP contribution in [-0.4, -0.2) is 29.3 Å². The number of rotatable bonds is 8. The standard InChI is InChI=1S/C21H26N2O4/c1-5-9-17(16-10-7-6-8-11-16)23-18(25)12-27-21(26)20-13(2)19(15(4)24)14(3)22-20/h6-8,10-11,17,22H,5,9,12H2,1-4H3,(H,23,25). The molecule has 0 aliphatic rings. The van der Waals surface area contributed by atoms with Gasteiger partial charge in [-0.3, -0.25) is 9.59 Å². The number of ketones is 1. The van der Waals surface area contributed by atoms with Crippen molar-refractivity contribution < 1.29 is 19.1 Å². The van der Waals surface area contributed by atoms with Crippen LogP contribution in [0, 0.1) is 13.8 Å². The second-order valence-electron chi connectivity index (χ2n) is 6.58. The Morgan fingerprint density at radius 1 is 1.15 bits per heavy atom. The lowest BCUT2D eigenvalue weighted by molar-refractivity contribution is -0.125. The van der Waals surface area contributed by atoms with Gasteiger partial charge in [0.05, 0.1) is 6.04 Å². The summed E-state index contributed by atoms with van der Waals surface area (Å²) < 4.78 is 5.14. The second kappa shape index (κ2) is 9.16. The molecule has 1 atom stereocenters. The first kappa shape index (κ1) is 20.4. The molecule has 0 bridgehead atoms. The molecule has 2 N–H and O–H groups in total. The number of hydrogen-bond donors (Lipinski definition) is 2. The van der Waals surface area contributed by atoms with Crippen LogP contribution in [0.1, 0.15) is 70.4 Å². The summed E-state index contributed by atoms with van der Waals surface area (Å²) in [5.41, 5.74) is 2.86. The summed E-state index contributed by atoms with van der Waals surface area (Å²) >= 11 is 0. The first-order valence-electron chi connectivity index (χ1n) is 9.06. The number of Topliss-reactive ketones (excluding diaryl/α,β-unsaturated/α-hetero) is 1. The molecule has 144 valence electrons. The number of H-pyrrole nitrogens is 1. The van der Waals surface area contributed by atoms with E-state index < -0.39 is 5.97 Å².